The third-order valence-corrected chi connectivity index (χ3v) is 4.49. The monoisotopic (exact) mass is 314 g/mol. The lowest BCUT2D eigenvalue weighted by Gasteiger charge is -2.36. The molecule has 1 atom stereocenters. The van der Waals surface area contributed by atoms with Gasteiger partial charge >= 0.3 is 6.03 Å². The lowest BCUT2D eigenvalue weighted by atomic mass is 10.2. The van der Waals surface area contributed by atoms with E-state index in [-0.39, 0.29) is 18.0 Å². The highest BCUT2D eigenvalue weighted by Crippen LogP contribution is 2.17. The molecule has 0 spiro atoms. The van der Waals surface area contributed by atoms with Crippen molar-refractivity contribution in [1.29, 1.82) is 0 Å². The molecule has 0 radical (unpaired) electrons. The van der Waals surface area contributed by atoms with Gasteiger partial charge in [0.05, 0.1) is 6.04 Å². The Hall–Kier alpha value is -2.61. The van der Waals surface area contributed by atoms with Gasteiger partial charge in [0.2, 0.25) is 0 Å². The minimum Gasteiger partial charge on any atom is -0.336 e. The maximum Gasteiger partial charge on any atom is 0.317 e. The number of nitrogens with two attached hydrogens (primary N) is 1. The largest absolute Gasteiger partial charge is 0.336 e. The van der Waals surface area contributed by atoms with Crippen LogP contribution in [0.15, 0.2) is 24.5 Å². The molecule has 0 bridgehead atoms. The molecule has 23 heavy (non-hydrogen) atoms. The average molecular weight is 314 g/mol. The van der Waals surface area contributed by atoms with Crippen molar-refractivity contribution < 1.29 is 9.59 Å². The van der Waals surface area contributed by atoms with Gasteiger partial charge < -0.3 is 25.3 Å². The number of carbonyl (C=O) groups excluding carboxylic acids is 2. The van der Waals surface area contributed by atoms with Gasteiger partial charge in [0.25, 0.3) is 5.91 Å². The van der Waals surface area contributed by atoms with E-state index in [0.717, 1.165) is 11.2 Å². The fourth-order valence-corrected chi connectivity index (χ4v) is 3.21. The summed E-state index contributed by atoms with van der Waals surface area (Å²) in [6, 6.07) is 3.78. The molecule has 2 aliphatic heterocycles. The SMILES string of the molecule is NCc1ccc2nc(C(=O)N3CCN4C(=O)NCC4C3)cn2c1. The molecule has 0 aromatic carbocycles. The predicted molar refractivity (Wildman–Crippen MR) is 82.9 cm³/mol. The van der Waals surface area contributed by atoms with Crippen molar-refractivity contribution in [2.24, 2.45) is 5.73 Å². The number of rotatable bonds is 2. The highest BCUT2D eigenvalue weighted by Gasteiger charge is 2.37. The highest BCUT2D eigenvalue weighted by atomic mass is 16.2. The van der Waals surface area contributed by atoms with Crippen LogP contribution in [-0.2, 0) is 6.54 Å². The molecular formula is C15H18N6O2. The Morgan fingerprint density at radius 1 is 1.35 bits per heavy atom. The van der Waals surface area contributed by atoms with Crippen LogP contribution in [0.3, 0.4) is 0 Å². The van der Waals surface area contributed by atoms with Gasteiger partial charge in [-0.1, -0.05) is 6.07 Å². The third-order valence-electron chi connectivity index (χ3n) is 4.49. The van der Waals surface area contributed by atoms with E-state index in [1.807, 2.05) is 22.7 Å². The van der Waals surface area contributed by atoms with E-state index >= 15 is 0 Å². The summed E-state index contributed by atoms with van der Waals surface area (Å²) in [5.74, 6) is -0.0954. The summed E-state index contributed by atoms with van der Waals surface area (Å²) < 4.78 is 1.83. The van der Waals surface area contributed by atoms with E-state index in [4.69, 9.17) is 5.73 Å². The van der Waals surface area contributed by atoms with E-state index in [9.17, 15) is 9.59 Å². The first kappa shape index (κ1) is 14.0. The molecule has 1 unspecified atom stereocenters. The predicted octanol–water partition coefficient (Wildman–Crippen LogP) is -0.357. The molecular weight excluding hydrogens is 296 g/mol. The summed E-state index contributed by atoms with van der Waals surface area (Å²) >= 11 is 0. The van der Waals surface area contributed by atoms with Crippen molar-refractivity contribution >= 4 is 17.6 Å². The first-order chi connectivity index (χ1) is 11.2. The maximum absolute atomic E-state index is 12.7. The van der Waals surface area contributed by atoms with Crippen LogP contribution in [0.1, 0.15) is 16.1 Å². The maximum atomic E-state index is 12.7. The number of imidazole rings is 1. The van der Waals surface area contributed by atoms with E-state index < -0.39 is 0 Å². The van der Waals surface area contributed by atoms with Crippen molar-refractivity contribution in [1.82, 2.24) is 24.5 Å². The molecule has 2 fully saturated rings. The van der Waals surface area contributed by atoms with E-state index in [1.54, 1.807) is 16.0 Å². The second-order valence-electron chi connectivity index (χ2n) is 5.92. The van der Waals surface area contributed by atoms with Crippen LogP contribution >= 0.6 is 0 Å². The van der Waals surface area contributed by atoms with Gasteiger partial charge in [0, 0.05) is 45.1 Å². The Balaban J connectivity index is 1.56. The molecule has 3 N–H and O–H groups in total. The average Bonchev–Trinajstić information content (AvgIpc) is 3.17. The number of pyridine rings is 1. The molecule has 4 heterocycles. The van der Waals surface area contributed by atoms with Crippen LogP contribution in [0.25, 0.3) is 5.65 Å². The number of carbonyl (C=O) groups is 2. The fourth-order valence-electron chi connectivity index (χ4n) is 3.21. The number of amides is 3. The van der Waals surface area contributed by atoms with Crippen LogP contribution < -0.4 is 11.1 Å². The van der Waals surface area contributed by atoms with Gasteiger partial charge in [0.1, 0.15) is 11.3 Å². The second kappa shape index (κ2) is 5.24. The first-order valence-electron chi connectivity index (χ1n) is 7.67. The topological polar surface area (TPSA) is 96.0 Å². The van der Waals surface area contributed by atoms with Crippen LogP contribution in [0.5, 0.6) is 0 Å². The molecule has 2 aromatic rings. The zero-order chi connectivity index (χ0) is 16.0. The van der Waals surface area contributed by atoms with E-state index in [1.165, 1.54) is 0 Å². The minimum atomic E-state index is -0.0954. The summed E-state index contributed by atoms with van der Waals surface area (Å²) in [7, 11) is 0. The molecule has 8 heteroatoms. The molecule has 120 valence electrons. The number of fused-ring (bicyclic) bond motifs is 2. The van der Waals surface area contributed by atoms with E-state index in [2.05, 4.69) is 10.3 Å². The normalized spacial score (nSPS) is 20.7. The van der Waals surface area contributed by atoms with Gasteiger partial charge in [-0.05, 0) is 11.6 Å². The van der Waals surface area contributed by atoms with Gasteiger partial charge in [-0.2, -0.15) is 0 Å². The standard InChI is InChI=1S/C15H18N6O2/c16-5-10-1-2-13-18-12(9-20(13)7-10)14(22)19-3-4-21-11(8-19)6-17-15(21)23/h1-2,7,9,11H,3-6,8,16H2,(H,17,23). The Labute approximate surface area is 132 Å². The van der Waals surface area contributed by atoms with Gasteiger partial charge in [0.15, 0.2) is 0 Å². The van der Waals surface area contributed by atoms with Crippen molar-refractivity contribution in [3.05, 3.63) is 35.8 Å². The van der Waals surface area contributed by atoms with Crippen molar-refractivity contribution in [3.63, 3.8) is 0 Å². The number of piperazine rings is 1. The van der Waals surface area contributed by atoms with Crippen molar-refractivity contribution in [2.75, 3.05) is 26.2 Å². The molecule has 0 saturated carbocycles. The Kier molecular flexibility index (Phi) is 3.19. The smallest absolute Gasteiger partial charge is 0.317 e. The second-order valence-corrected chi connectivity index (χ2v) is 5.92. The molecule has 3 amide bonds. The summed E-state index contributed by atoms with van der Waals surface area (Å²) in [6.45, 7) is 2.67. The van der Waals surface area contributed by atoms with Gasteiger partial charge in [-0.25, -0.2) is 9.78 Å². The molecule has 0 aliphatic carbocycles. The minimum absolute atomic E-state index is 0.0378. The summed E-state index contributed by atoms with van der Waals surface area (Å²) in [4.78, 5) is 32.3. The molecule has 8 nitrogen and oxygen atoms in total. The Morgan fingerprint density at radius 2 is 2.22 bits per heavy atom. The quantitative estimate of drug-likeness (QED) is 0.791. The Morgan fingerprint density at radius 3 is 3.04 bits per heavy atom. The Bertz CT molecular complexity index is 785. The van der Waals surface area contributed by atoms with Crippen LogP contribution in [0, 0.1) is 0 Å². The zero-order valence-electron chi connectivity index (χ0n) is 12.6. The first-order valence-corrected chi connectivity index (χ1v) is 7.67. The molecule has 2 aromatic heterocycles. The highest BCUT2D eigenvalue weighted by molar-refractivity contribution is 5.93. The molecule has 4 rings (SSSR count). The van der Waals surface area contributed by atoms with Gasteiger partial charge in [-0.15, -0.1) is 0 Å². The lowest BCUT2D eigenvalue weighted by molar-refractivity contribution is 0.0612. The van der Waals surface area contributed by atoms with Crippen molar-refractivity contribution in [2.45, 2.75) is 12.6 Å². The number of aromatic nitrogens is 2. The molecule has 2 saturated heterocycles. The van der Waals surface area contributed by atoms with Crippen molar-refractivity contribution in [3.8, 4) is 0 Å². The number of urea groups is 1. The third kappa shape index (κ3) is 2.31. The fraction of sp³-hybridized carbons (Fsp3) is 0.400. The summed E-state index contributed by atoms with van der Waals surface area (Å²) in [5.41, 5.74) is 7.77. The number of hydrogen-bond acceptors (Lipinski definition) is 4. The number of nitrogens with zero attached hydrogens (tertiary/aromatic N) is 4. The van der Waals surface area contributed by atoms with Crippen LogP contribution in [0.2, 0.25) is 0 Å². The number of hydrogen-bond donors (Lipinski definition) is 2. The van der Waals surface area contributed by atoms with Crippen LogP contribution in [-0.4, -0.2) is 63.3 Å². The molecule has 2 aliphatic rings. The summed E-state index contributed by atoms with van der Waals surface area (Å²) in [6.07, 6.45) is 3.62. The zero-order valence-corrected chi connectivity index (χ0v) is 12.6. The summed E-state index contributed by atoms with van der Waals surface area (Å²) in [5, 5.41) is 2.81. The van der Waals surface area contributed by atoms with Gasteiger partial charge in [-0.3, -0.25) is 4.79 Å². The van der Waals surface area contributed by atoms with E-state index in [0.29, 0.717) is 38.4 Å². The lowest BCUT2D eigenvalue weighted by Crippen LogP contribution is -2.53. The van der Waals surface area contributed by atoms with Crippen LogP contribution in [0.4, 0.5) is 4.79 Å². The number of nitrogens with one attached hydrogen (secondary N) is 1.